The maximum Gasteiger partial charge on any atom is 0.280 e. The number of hydrazone groups is 1. The molecule has 4 rings (SSSR count). The van der Waals surface area contributed by atoms with Crippen molar-refractivity contribution in [2.45, 2.75) is 20.0 Å². The van der Waals surface area contributed by atoms with Gasteiger partial charge in [-0.15, -0.1) is 6.58 Å². The van der Waals surface area contributed by atoms with Crippen LogP contribution in [0.15, 0.2) is 65.8 Å². The number of carbonyl (C=O) groups is 1. The Balaban J connectivity index is 1.63. The lowest BCUT2D eigenvalue weighted by atomic mass is 10.0. The standard InChI is InChI=1S/C27H18F6N2O2/c1-3-4-17-11-16(7-10-20(17)37-13-15-5-8-18(28)9-6-15)12-19-14(2)34-35(27(19)36)26-24(32)22(30)21(29)23(31)25(26)33/h3,5-12H,1,4,13H2,2H3/b19-12+. The number of hydrogen-bond donors (Lipinski definition) is 0. The molecule has 1 aliphatic rings. The molecule has 10 heteroatoms. The van der Waals surface area contributed by atoms with Crippen LogP contribution in [0.1, 0.15) is 23.6 Å². The molecule has 3 aromatic carbocycles. The number of allylic oxidation sites excluding steroid dienone is 1. The fourth-order valence-electron chi connectivity index (χ4n) is 3.67. The minimum Gasteiger partial charge on any atom is -0.489 e. The monoisotopic (exact) mass is 516 g/mol. The Kier molecular flexibility index (Phi) is 7.19. The Bertz CT molecular complexity index is 1440. The van der Waals surface area contributed by atoms with Crippen LogP contribution in [0.4, 0.5) is 32.0 Å². The average molecular weight is 516 g/mol. The molecule has 0 aromatic heterocycles. The number of hydrogen-bond acceptors (Lipinski definition) is 3. The van der Waals surface area contributed by atoms with Gasteiger partial charge in [-0.25, -0.2) is 26.3 Å². The molecule has 0 spiro atoms. The normalized spacial score (nSPS) is 14.4. The second-order valence-corrected chi connectivity index (χ2v) is 8.05. The van der Waals surface area contributed by atoms with E-state index in [2.05, 4.69) is 11.7 Å². The SMILES string of the molecule is C=CCc1cc(/C=C2/C(=O)N(c3c(F)c(F)c(F)c(F)c3F)N=C2C)ccc1OCc1ccc(F)cc1. The number of ether oxygens (including phenoxy) is 1. The van der Waals surface area contributed by atoms with E-state index in [1.807, 2.05) is 0 Å². The van der Waals surface area contributed by atoms with Gasteiger partial charge >= 0.3 is 0 Å². The van der Waals surface area contributed by atoms with Gasteiger partial charge in [0.25, 0.3) is 5.91 Å². The molecule has 1 amide bonds. The molecule has 0 radical (unpaired) electrons. The maximum atomic E-state index is 14.3. The van der Waals surface area contributed by atoms with E-state index in [0.717, 1.165) is 5.56 Å². The molecule has 1 aliphatic heterocycles. The predicted molar refractivity (Wildman–Crippen MR) is 126 cm³/mol. The number of nitrogens with zero attached hydrogens (tertiary/aromatic N) is 2. The quantitative estimate of drug-likeness (QED) is 0.116. The lowest BCUT2D eigenvalue weighted by Gasteiger charge is -2.15. The predicted octanol–water partition coefficient (Wildman–Crippen LogP) is 6.63. The van der Waals surface area contributed by atoms with Gasteiger partial charge in [0.05, 0.1) is 11.3 Å². The van der Waals surface area contributed by atoms with Gasteiger partial charge in [-0.3, -0.25) is 4.79 Å². The molecular formula is C27H18F6N2O2. The van der Waals surface area contributed by atoms with Crippen molar-refractivity contribution in [3.8, 4) is 5.75 Å². The topological polar surface area (TPSA) is 41.9 Å². The van der Waals surface area contributed by atoms with Crippen molar-refractivity contribution >= 4 is 23.4 Å². The summed E-state index contributed by atoms with van der Waals surface area (Å²) in [7, 11) is 0. The number of benzene rings is 3. The molecule has 0 aliphatic carbocycles. The van der Waals surface area contributed by atoms with Gasteiger partial charge in [0.15, 0.2) is 23.3 Å². The summed E-state index contributed by atoms with van der Waals surface area (Å²) in [6, 6.07) is 10.8. The summed E-state index contributed by atoms with van der Waals surface area (Å²) in [5, 5.41) is 3.88. The Morgan fingerprint density at radius 2 is 1.54 bits per heavy atom. The molecule has 37 heavy (non-hydrogen) atoms. The van der Waals surface area contributed by atoms with E-state index in [0.29, 0.717) is 23.3 Å². The summed E-state index contributed by atoms with van der Waals surface area (Å²) >= 11 is 0. The van der Waals surface area contributed by atoms with Crippen molar-refractivity contribution in [1.29, 1.82) is 0 Å². The van der Waals surface area contributed by atoms with Crippen molar-refractivity contribution < 1.29 is 35.9 Å². The highest BCUT2D eigenvalue weighted by atomic mass is 19.2. The van der Waals surface area contributed by atoms with Crippen LogP contribution in [0.5, 0.6) is 5.75 Å². The summed E-state index contributed by atoms with van der Waals surface area (Å²) in [5.41, 5.74) is 0.380. The van der Waals surface area contributed by atoms with Gasteiger partial charge in [-0.2, -0.15) is 10.1 Å². The highest BCUT2D eigenvalue weighted by molar-refractivity contribution is 6.32. The van der Waals surface area contributed by atoms with Crippen LogP contribution in [0.25, 0.3) is 6.08 Å². The number of halogens is 6. The maximum absolute atomic E-state index is 14.3. The van der Waals surface area contributed by atoms with Crippen LogP contribution in [0.3, 0.4) is 0 Å². The van der Waals surface area contributed by atoms with E-state index >= 15 is 0 Å². The third-order valence-electron chi connectivity index (χ3n) is 5.53. The molecule has 0 bridgehead atoms. The fourth-order valence-corrected chi connectivity index (χ4v) is 3.67. The molecule has 3 aromatic rings. The van der Waals surface area contributed by atoms with Crippen molar-refractivity contribution in [2.75, 3.05) is 5.01 Å². The van der Waals surface area contributed by atoms with Crippen LogP contribution < -0.4 is 9.75 Å². The van der Waals surface area contributed by atoms with Gasteiger partial charge in [0.1, 0.15) is 23.9 Å². The lowest BCUT2D eigenvalue weighted by Crippen LogP contribution is -2.25. The average Bonchev–Trinajstić information content (AvgIpc) is 3.15. The minimum atomic E-state index is -2.33. The van der Waals surface area contributed by atoms with Gasteiger partial charge in [-0.05, 0) is 60.4 Å². The van der Waals surface area contributed by atoms with E-state index in [1.54, 1.807) is 36.4 Å². The first-order chi connectivity index (χ1) is 17.6. The second kappa shape index (κ2) is 10.3. The Morgan fingerprint density at radius 1 is 0.919 bits per heavy atom. The van der Waals surface area contributed by atoms with Crippen LogP contribution in [0, 0.1) is 34.9 Å². The molecule has 0 saturated heterocycles. The van der Waals surface area contributed by atoms with Crippen LogP contribution in [0.2, 0.25) is 0 Å². The van der Waals surface area contributed by atoms with Crippen molar-refractivity contribution in [2.24, 2.45) is 5.10 Å². The van der Waals surface area contributed by atoms with E-state index < -0.39 is 40.7 Å². The molecule has 1 heterocycles. The molecule has 0 saturated carbocycles. The van der Waals surface area contributed by atoms with Crippen molar-refractivity contribution in [1.82, 2.24) is 0 Å². The molecule has 4 nitrogen and oxygen atoms in total. The summed E-state index contributed by atoms with van der Waals surface area (Å²) in [4.78, 5) is 12.9. The molecule has 0 atom stereocenters. The summed E-state index contributed by atoms with van der Waals surface area (Å²) in [5.74, 6) is -12.0. The minimum absolute atomic E-state index is 0.0100. The molecule has 0 fully saturated rings. The Morgan fingerprint density at radius 3 is 2.16 bits per heavy atom. The van der Waals surface area contributed by atoms with Gasteiger partial charge in [0, 0.05) is 0 Å². The van der Waals surface area contributed by atoms with Gasteiger partial charge in [-0.1, -0.05) is 24.3 Å². The first kappa shape index (κ1) is 25.7. The first-order valence-corrected chi connectivity index (χ1v) is 10.9. The van der Waals surface area contributed by atoms with Crippen LogP contribution >= 0.6 is 0 Å². The smallest absolute Gasteiger partial charge is 0.280 e. The Labute approximate surface area is 207 Å². The summed E-state index contributed by atoms with van der Waals surface area (Å²) < 4.78 is 88.2. The van der Waals surface area contributed by atoms with E-state index in [-0.39, 0.29) is 28.7 Å². The zero-order valence-electron chi connectivity index (χ0n) is 19.3. The second-order valence-electron chi connectivity index (χ2n) is 8.05. The summed E-state index contributed by atoms with van der Waals surface area (Å²) in [6.45, 7) is 5.25. The van der Waals surface area contributed by atoms with E-state index in [1.165, 1.54) is 25.1 Å². The highest BCUT2D eigenvalue weighted by Gasteiger charge is 2.37. The highest BCUT2D eigenvalue weighted by Crippen LogP contribution is 2.34. The largest absolute Gasteiger partial charge is 0.489 e. The zero-order chi connectivity index (χ0) is 26.9. The third kappa shape index (κ3) is 5.00. The summed E-state index contributed by atoms with van der Waals surface area (Å²) in [6.07, 6.45) is 3.41. The van der Waals surface area contributed by atoms with E-state index in [4.69, 9.17) is 4.74 Å². The zero-order valence-corrected chi connectivity index (χ0v) is 19.3. The fraction of sp³-hybridized carbons (Fsp3) is 0.111. The number of rotatable bonds is 7. The van der Waals surface area contributed by atoms with Crippen LogP contribution in [-0.4, -0.2) is 11.6 Å². The molecule has 190 valence electrons. The Hall–Kier alpha value is -4.34. The third-order valence-corrected chi connectivity index (χ3v) is 5.53. The lowest BCUT2D eigenvalue weighted by molar-refractivity contribution is -0.114. The number of carbonyl (C=O) groups excluding carboxylic acids is 1. The van der Waals surface area contributed by atoms with E-state index in [9.17, 15) is 31.1 Å². The molecule has 0 unspecified atom stereocenters. The molecule has 0 N–H and O–H groups in total. The number of anilines is 1. The molecular weight excluding hydrogens is 498 g/mol. The van der Waals surface area contributed by atoms with Crippen molar-refractivity contribution in [3.63, 3.8) is 0 Å². The first-order valence-electron chi connectivity index (χ1n) is 10.9. The van der Waals surface area contributed by atoms with Crippen molar-refractivity contribution in [3.05, 3.63) is 112 Å². The van der Waals surface area contributed by atoms with Gasteiger partial charge in [0.2, 0.25) is 5.82 Å². The number of amides is 1. The van der Waals surface area contributed by atoms with Crippen LogP contribution in [-0.2, 0) is 17.8 Å². The van der Waals surface area contributed by atoms with Gasteiger partial charge < -0.3 is 4.74 Å².